The number of carbonyl (C=O) groups is 4. The Morgan fingerprint density at radius 2 is 1.01 bits per heavy atom. The number of rotatable bonds is 77. The van der Waals surface area contributed by atoms with Crippen LogP contribution in [-0.4, -0.2) is 419 Å². The van der Waals surface area contributed by atoms with Crippen molar-refractivity contribution < 1.29 is 164 Å². The molecule has 11 rings (SSSR count). The van der Waals surface area contributed by atoms with Crippen LogP contribution in [0, 0.1) is 0 Å². The van der Waals surface area contributed by atoms with Crippen molar-refractivity contribution >= 4 is 45.2 Å². The molecule has 0 spiro atoms. The number of amides is 4. The van der Waals surface area contributed by atoms with E-state index >= 15 is 0 Å². The summed E-state index contributed by atoms with van der Waals surface area (Å²) in [5.74, 6) is -1.38. The molecule has 47 nitrogen and oxygen atoms in total. The number of fused-ring (bicyclic) bond motifs is 6. The van der Waals surface area contributed by atoms with E-state index in [0.717, 1.165) is 42.2 Å². The van der Waals surface area contributed by atoms with Gasteiger partial charge in [-0.1, -0.05) is 46.5 Å². The molecule has 0 aliphatic carbocycles. The van der Waals surface area contributed by atoms with Crippen molar-refractivity contribution in [2.24, 2.45) is 7.05 Å². The van der Waals surface area contributed by atoms with Gasteiger partial charge in [-0.25, -0.2) is 14.3 Å². The fourth-order valence-electron chi connectivity index (χ4n) is 15.6. The number of hydrogen-bond donors (Lipinski definition) is 10. The molecule has 4 aromatic heterocycles. The van der Waals surface area contributed by atoms with Gasteiger partial charge in [-0.15, -0.1) is 10.2 Å². The zero-order valence-electron chi connectivity index (χ0n) is 78.1. The first-order chi connectivity index (χ1) is 66.3. The highest BCUT2D eigenvalue weighted by Gasteiger charge is 2.61. The van der Waals surface area contributed by atoms with Crippen molar-refractivity contribution in [3.05, 3.63) is 60.1 Å². The van der Waals surface area contributed by atoms with E-state index in [-0.39, 0.29) is 182 Å². The second-order valence-corrected chi connectivity index (χ2v) is 36.5. The van der Waals surface area contributed by atoms with Gasteiger partial charge in [-0.3, -0.25) is 28.5 Å². The highest BCUT2D eigenvalue weighted by Crippen LogP contribution is 2.40. The molecule has 1 unspecified atom stereocenters. The number of ether oxygens (including phenoxy) is 24. The van der Waals surface area contributed by atoms with Crippen LogP contribution in [0.25, 0.3) is 0 Å². The van der Waals surface area contributed by atoms with E-state index in [1.807, 2.05) is 40.8 Å². The van der Waals surface area contributed by atoms with Gasteiger partial charge in [0.05, 0.1) is 281 Å². The molecule has 0 aromatic carbocycles. The highest BCUT2D eigenvalue weighted by atomic mass is 33.1. The molecule has 0 saturated carbocycles. The minimum Gasteiger partial charge on any atom is -0.390 e. The smallest absolute Gasteiger partial charge is 0.271 e. The number of nitrogens with zero attached hydrogens (tertiary/aromatic N) is 9. The number of aliphatic hydroxyl groups is 6. The lowest BCUT2D eigenvalue weighted by Gasteiger charge is -2.42. The summed E-state index contributed by atoms with van der Waals surface area (Å²) in [6, 6.07) is 4.66. The number of carbonyl (C=O) groups excluding carboxylic acids is 4. The summed E-state index contributed by atoms with van der Waals surface area (Å²) < 4.78 is 146. The van der Waals surface area contributed by atoms with Crippen LogP contribution in [0.15, 0.2) is 48.0 Å². The summed E-state index contributed by atoms with van der Waals surface area (Å²) in [6.45, 7) is 9.52. The summed E-state index contributed by atoms with van der Waals surface area (Å²) in [7, 11) is 5.34. The molecule has 7 saturated heterocycles. The third-order valence-corrected chi connectivity index (χ3v) is 25.4. The average Bonchev–Trinajstić information content (AvgIpc) is 1.57. The molecular weight excluding hydrogens is 1840 g/mol. The summed E-state index contributed by atoms with van der Waals surface area (Å²) in [4.78, 5) is 55.8. The number of aliphatic hydroxyl groups excluding tert-OH is 6. The maximum absolute atomic E-state index is 14.4. The fraction of sp³-hybridized carbons (Fsp3) is 0.828. The molecule has 7 fully saturated rings. The first-order valence-electron chi connectivity index (χ1n) is 47.2. The normalized spacial score (nSPS) is 25.6. The van der Waals surface area contributed by atoms with Gasteiger partial charge in [0.2, 0.25) is 29.4 Å². The lowest BCUT2D eigenvalue weighted by atomic mass is 9.91. The Balaban J connectivity index is 0.597. The molecule has 7 aliphatic rings. The number of hydrogen-bond acceptors (Lipinski definition) is 41. The van der Waals surface area contributed by atoms with Gasteiger partial charge in [0.25, 0.3) is 6.48 Å². The van der Waals surface area contributed by atoms with Gasteiger partial charge in [-0.05, 0) is 61.5 Å². The zero-order valence-corrected chi connectivity index (χ0v) is 79.7. The summed E-state index contributed by atoms with van der Waals surface area (Å²) >= 11 is 0. The zero-order chi connectivity index (χ0) is 95.7. The van der Waals surface area contributed by atoms with Crippen LogP contribution in [0.1, 0.15) is 114 Å². The van der Waals surface area contributed by atoms with Crippen molar-refractivity contribution in [3.63, 3.8) is 0 Å². The van der Waals surface area contributed by atoms with Crippen LogP contribution >= 0.6 is 21.6 Å². The number of pyridine rings is 1. The highest BCUT2D eigenvalue weighted by molar-refractivity contribution is 8.76. The molecule has 4 amide bonds. The Kier molecular flexibility index (Phi) is 49.7. The van der Waals surface area contributed by atoms with E-state index in [2.05, 4.69) is 46.9 Å². The van der Waals surface area contributed by atoms with E-state index in [9.17, 15) is 49.8 Å². The fourth-order valence-corrected chi connectivity index (χ4v) is 17.6. The minimum absolute atomic E-state index is 0.00138. The second-order valence-electron chi connectivity index (χ2n) is 34.1. The van der Waals surface area contributed by atoms with E-state index in [4.69, 9.17) is 114 Å². The van der Waals surface area contributed by atoms with Gasteiger partial charge in [-0.2, -0.15) is 0 Å². The predicted molar refractivity (Wildman–Crippen MR) is 476 cm³/mol. The molecule has 7 aliphatic heterocycles. The van der Waals surface area contributed by atoms with Crippen LogP contribution in [0.5, 0.6) is 0 Å². The molecule has 136 heavy (non-hydrogen) atoms. The van der Waals surface area contributed by atoms with Crippen molar-refractivity contribution in [2.45, 2.75) is 238 Å². The molecule has 4 aromatic rings. The third-order valence-electron chi connectivity index (χ3n) is 23.1. The summed E-state index contributed by atoms with van der Waals surface area (Å²) in [5, 5.41) is 92.8. The van der Waals surface area contributed by atoms with Crippen LogP contribution in [0.3, 0.4) is 0 Å². The van der Waals surface area contributed by atoms with Crippen molar-refractivity contribution in [1.82, 2.24) is 65.6 Å². The van der Waals surface area contributed by atoms with Crippen LogP contribution in [0.4, 0.5) is 0 Å². The lowest BCUT2D eigenvalue weighted by Crippen LogP contribution is -2.66. The first kappa shape index (κ1) is 111. The molecule has 772 valence electrons. The molecule has 49 heteroatoms. The Morgan fingerprint density at radius 3 is 1.56 bits per heavy atom. The number of aromatic nitrogens is 9. The van der Waals surface area contributed by atoms with E-state index < -0.39 is 96.4 Å². The average molecular weight is 1980 g/mol. The van der Waals surface area contributed by atoms with Gasteiger partial charge in [0.15, 0.2) is 18.9 Å². The SMILES string of the molecule is CC(=O)N[C@H]1[C@H]2OC[C@](OCCOCCOCCOCCn3cc(COCC(COCc4cn(CCOCCOCCOCCOC[C@]56CO[C@H](C[C@@H](O)[C@H]5O)O6)nn4)(COCc4cn(CCOCCOCCOCCOC[C@]56CO[C@H](C[C@@H](O)[C@H]5O)O6)n4C)NC(=O)CCCCCNC(=O)CCCCCOC4OCC(NC(=O)CCCCCSSc5ccccn5)CO4)nn3)(O2)[C@H](O)[C@@H]1O. The van der Waals surface area contributed by atoms with Gasteiger partial charge in [0.1, 0.15) is 70.2 Å². The van der Waals surface area contributed by atoms with Gasteiger partial charge < -0.3 is 166 Å². The van der Waals surface area contributed by atoms with Gasteiger partial charge in [0, 0.05) is 70.8 Å². The Bertz CT molecular complexity index is 3970. The summed E-state index contributed by atoms with van der Waals surface area (Å²) in [6.07, 6.45) is 6.31. The molecule has 10 N–H and O–H groups in total. The van der Waals surface area contributed by atoms with Crippen LogP contribution in [0.2, 0.25) is 0 Å². The number of unbranched alkanes of at least 4 members (excludes halogenated alkanes) is 6. The Morgan fingerprint density at radius 1 is 0.507 bits per heavy atom. The third kappa shape index (κ3) is 38.1. The molecule has 11 heterocycles. The van der Waals surface area contributed by atoms with E-state index in [1.54, 1.807) is 49.5 Å². The minimum atomic E-state index is -1.59. The van der Waals surface area contributed by atoms with Crippen LogP contribution in [-0.2, 0) is 179 Å². The predicted octanol–water partition coefficient (Wildman–Crippen LogP) is -0.738. The van der Waals surface area contributed by atoms with E-state index in [0.29, 0.717) is 175 Å². The standard InChI is InChI=1S/C87H143N13O34S2/c1-64(101)90-77-78(107)81(110)87(63-130-82(77)134-87)131-44-43-119-38-37-115-31-28-112-25-21-99-49-66(94-96-99)52-123-57-84(56-122-51-65-48-98(95-93-65)20-24-111-27-30-114-33-35-117-39-41-120-59-85-61-128-75(132-85)46-69(102)79(85)108,58-124-55-68-50-100(97(68)2)22-26-113-29-32-116-34-36-118-40-42-121-60-86-62-129-76(133-86)47-70(103)80(86)109)92-73(106)16-6-3-10-18-88-71(104)14-7-4-12-23-125-83-126-53-67(54-127-83)91-72(105)15-8-5-13-45-135-136-74-17-9-11-19-89-74/h9,11,17,19,48-50,67,69-70,75-83,102-103,107-110H,3-8,10,12-16,18,20-47,51-63H2,1-2H3,(H,88,104)(H,90,101)(H,91,105)(H,92,106)/t67?,69-,70-,75+,76+,77-,78-,79-,80-,81-,82+,83?,84?,85+,86+,87+/m1/s1. The van der Waals surface area contributed by atoms with Crippen molar-refractivity contribution in [2.75, 3.05) is 224 Å². The molecule has 0 radical (unpaired) electrons. The molecule has 14 atom stereocenters. The van der Waals surface area contributed by atoms with Crippen molar-refractivity contribution in [3.8, 4) is 0 Å². The summed E-state index contributed by atoms with van der Waals surface area (Å²) in [5.41, 5.74) is -1.57. The number of nitrogens with one attached hydrogen (secondary N) is 4. The second kappa shape index (κ2) is 61.2. The maximum atomic E-state index is 14.4. The monoisotopic (exact) mass is 1980 g/mol. The Hall–Kier alpha value is -5.85. The molecule has 6 bridgehead atoms. The largest absolute Gasteiger partial charge is 0.390 e. The van der Waals surface area contributed by atoms with Crippen LogP contribution < -0.4 is 21.3 Å². The maximum Gasteiger partial charge on any atom is 0.271 e. The van der Waals surface area contributed by atoms with Crippen molar-refractivity contribution in [1.29, 1.82) is 0 Å². The first-order valence-corrected chi connectivity index (χ1v) is 49.5. The Labute approximate surface area is 799 Å². The van der Waals surface area contributed by atoms with E-state index in [1.165, 1.54) is 6.92 Å². The van der Waals surface area contributed by atoms with Gasteiger partial charge >= 0.3 is 0 Å². The molecular formula is C87H143N13O34S2. The topological polar surface area (TPSA) is 543 Å². The lowest BCUT2D eigenvalue weighted by molar-refractivity contribution is -0.320. The quantitative estimate of drug-likeness (QED) is 0.0192.